The number of carbonyl (C=O) groups is 2. The van der Waals surface area contributed by atoms with E-state index in [2.05, 4.69) is 22.5 Å². The second-order valence-corrected chi connectivity index (χ2v) is 8.95. The molecule has 1 aliphatic carbocycles. The summed E-state index contributed by atoms with van der Waals surface area (Å²) in [6.45, 7) is 11.5. The van der Waals surface area contributed by atoms with Crippen LogP contribution in [0, 0.1) is 5.92 Å². The van der Waals surface area contributed by atoms with Crippen LogP contribution in [0.2, 0.25) is 0 Å². The van der Waals surface area contributed by atoms with Crippen LogP contribution in [0.15, 0.2) is 4.99 Å². The average molecular weight is 410 g/mol. The van der Waals surface area contributed by atoms with E-state index in [0.717, 1.165) is 51.3 Å². The first-order valence-electron chi connectivity index (χ1n) is 11.0. The quantitative estimate of drug-likeness (QED) is 0.497. The predicted molar refractivity (Wildman–Crippen MR) is 115 cm³/mol. The number of piperidine rings is 1. The summed E-state index contributed by atoms with van der Waals surface area (Å²) in [5, 5.41) is 6.08. The van der Waals surface area contributed by atoms with Gasteiger partial charge < -0.3 is 25.2 Å². The first-order chi connectivity index (χ1) is 13.7. The zero-order chi connectivity index (χ0) is 21.4. The zero-order valence-electron chi connectivity index (χ0n) is 18.8. The molecule has 2 N–H and O–H groups in total. The van der Waals surface area contributed by atoms with Gasteiger partial charge in [-0.05, 0) is 59.3 Å². The van der Waals surface area contributed by atoms with Crippen molar-refractivity contribution in [1.29, 1.82) is 0 Å². The Labute approximate surface area is 175 Å². The number of carbonyl (C=O) groups excluding carboxylic acids is 2. The molecule has 1 saturated carbocycles. The van der Waals surface area contributed by atoms with Crippen LogP contribution in [0.5, 0.6) is 0 Å². The van der Waals surface area contributed by atoms with E-state index in [4.69, 9.17) is 9.73 Å². The lowest BCUT2D eigenvalue weighted by Gasteiger charge is -2.34. The molecule has 1 saturated heterocycles. The third kappa shape index (κ3) is 8.11. The Morgan fingerprint density at radius 2 is 1.83 bits per heavy atom. The van der Waals surface area contributed by atoms with Gasteiger partial charge in [-0.2, -0.15) is 0 Å². The smallest absolute Gasteiger partial charge is 0.410 e. The van der Waals surface area contributed by atoms with Crippen LogP contribution < -0.4 is 10.6 Å². The normalized spacial score (nSPS) is 18.4. The minimum absolute atomic E-state index is 0.117. The van der Waals surface area contributed by atoms with Crippen molar-refractivity contribution in [3.8, 4) is 0 Å². The van der Waals surface area contributed by atoms with Crippen LogP contribution in [0.25, 0.3) is 0 Å². The molecule has 2 rings (SSSR count). The fourth-order valence-corrected chi connectivity index (χ4v) is 3.53. The molecule has 0 aromatic heterocycles. The number of aliphatic imine (C=N–C) groups is 1. The molecular weight excluding hydrogens is 370 g/mol. The highest BCUT2D eigenvalue weighted by molar-refractivity contribution is 5.80. The van der Waals surface area contributed by atoms with Gasteiger partial charge in [0.1, 0.15) is 5.60 Å². The SMILES string of the molecule is CCNC(=NCCN(C(=O)OC(C)(C)C)C1CC1)N1CCC(CC(=O)NC)CC1. The van der Waals surface area contributed by atoms with E-state index in [9.17, 15) is 9.59 Å². The van der Waals surface area contributed by atoms with Gasteiger partial charge in [0.2, 0.25) is 5.91 Å². The molecule has 29 heavy (non-hydrogen) atoms. The maximum atomic E-state index is 12.5. The highest BCUT2D eigenvalue weighted by Gasteiger charge is 2.35. The van der Waals surface area contributed by atoms with Crippen LogP contribution in [0.3, 0.4) is 0 Å². The molecule has 2 aliphatic rings. The Balaban J connectivity index is 1.88. The monoisotopic (exact) mass is 409 g/mol. The molecule has 0 radical (unpaired) electrons. The highest BCUT2D eigenvalue weighted by atomic mass is 16.6. The summed E-state index contributed by atoms with van der Waals surface area (Å²) < 4.78 is 5.56. The molecule has 2 amide bonds. The molecule has 1 heterocycles. The topological polar surface area (TPSA) is 86.3 Å². The molecule has 0 aromatic rings. The van der Waals surface area contributed by atoms with Gasteiger partial charge in [0.25, 0.3) is 0 Å². The second-order valence-electron chi connectivity index (χ2n) is 8.95. The average Bonchev–Trinajstić information content (AvgIpc) is 3.48. The summed E-state index contributed by atoms with van der Waals surface area (Å²) in [4.78, 5) is 33.0. The van der Waals surface area contributed by atoms with E-state index in [1.165, 1.54) is 0 Å². The molecule has 8 heteroatoms. The number of likely N-dealkylation sites (tertiary alicyclic amines) is 1. The maximum absolute atomic E-state index is 12.5. The predicted octanol–water partition coefficient (Wildman–Crippen LogP) is 2.20. The minimum atomic E-state index is -0.485. The maximum Gasteiger partial charge on any atom is 0.410 e. The Hall–Kier alpha value is -1.99. The Morgan fingerprint density at radius 3 is 2.34 bits per heavy atom. The molecule has 0 spiro atoms. The zero-order valence-corrected chi connectivity index (χ0v) is 18.8. The number of ether oxygens (including phenoxy) is 1. The minimum Gasteiger partial charge on any atom is -0.444 e. The van der Waals surface area contributed by atoms with E-state index >= 15 is 0 Å². The summed E-state index contributed by atoms with van der Waals surface area (Å²) in [7, 11) is 1.69. The van der Waals surface area contributed by atoms with Gasteiger partial charge in [-0.15, -0.1) is 0 Å². The largest absolute Gasteiger partial charge is 0.444 e. The first kappa shape index (κ1) is 23.3. The van der Waals surface area contributed by atoms with Gasteiger partial charge in [-0.25, -0.2) is 4.79 Å². The van der Waals surface area contributed by atoms with Crippen molar-refractivity contribution in [2.24, 2.45) is 10.9 Å². The van der Waals surface area contributed by atoms with Gasteiger partial charge in [-0.1, -0.05) is 0 Å². The van der Waals surface area contributed by atoms with E-state index in [1.807, 2.05) is 25.7 Å². The third-order valence-corrected chi connectivity index (χ3v) is 5.22. The van der Waals surface area contributed by atoms with Crippen LogP contribution in [-0.4, -0.2) is 79.2 Å². The van der Waals surface area contributed by atoms with Crippen molar-refractivity contribution in [1.82, 2.24) is 20.4 Å². The number of guanidine groups is 1. The van der Waals surface area contributed by atoms with Gasteiger partial charge in [0, 0.05) is 45.7 Å². The lowest BCUT2D eigenvalue weighted by atomic mass is 9.93. The summed E-state index contributed by atoms with van der Waals surface area (Å²) in [5.74, 6) is 1.45. The lowest BCUT2D eigenvalue weighted by molar-refractivity contribution is -0.121. The highest BCUT2D eigenvalue weighted by Crippen LogP contribution is 2.28. The van der Waals surface area contributed by atoms with Crippen LogP contribution in [0.1, 0.15) is 59.8 Å². The fourth-order valence-electron chi connectivity index (χ4n) is 3.53. The van der Waals surface area contributed by atoms with Crippen molar-refractivity contribution in [3.63, 3.8) is 0 Å². The molecule has 8 nitrogen and oxygen atoms in total. The Bertz CT molecular complexity index is 575. The number of hydrogen-bond acceptors (Lipinski definition) is 4. The molecule has 0 aromatic carbocycles. The van der Waals surface area contributed by atoms with Crippen molar-refractivity contribution < 1.29 is 14.3 Å². The van der Waals surface area contributed by atoms with Gasteiger partial charge in [-0.3, -0.25) is 9.79 Å². The molecule has 1 aliphatic heterocycles. The summed E-state index contributed by atoms with van der Waals surface area (Å²) in [5.41, 5.74) is -0.485. The number of nitrogens with one attached hydrogen (secondary N) is 2. The Morgan fingerprint density at radius 1 is 1.17 bits per heavy atom. The molecule has 0 bridgehead atoms. The van der Waals surface area contributed by atoms with Gasteiger partial charge in [0.15, 0.2) is 5.96 Å². The summed E-state index contributed by atoms with van der Waals surface area (Å²) >= 11 is 0. The molecule has 166 valence electrons. The van der Waals surface area contributed by atoms with Gasteiger partial charge >= 0.3 is 6.09 Å². The van der Waals surface area contributed by atoms with Crippen molar-refractivity contribution in [2.45, 2.75) is 71.4 Å². The number of amides is 2. The van der Waals surface area contributed by atoms with E-state index < -0.39 is 5.60 Å². The number of rotatable bonds is 7. The van der Waals surface area contributed by atoms with Crippen LogP contribution in [0.4, 0.5) is 4.79 Å². The standard InChI is InChI=1S/C21H39N5O3/c1-6-23-19(25-12-9-16(10-13-25)15-18(27)22-5)24-11-14-26(17-7-8-17)20(28)29-21(2,3)4/h16-17H,6-15H2,1-5H3,(H,22,27)(H,23,24). The van der Waals surface area contributed by atoms with Crippen molar-refractivity contribution >= 4 is 18.0 Å². The van der Waals surface area contributed by atoms with Gasteiger partial charge in [0.05, 0.1) is 6.54 Å². The van der Waals surface area contributed by atoms with E-state index in [0.29, 0.717) is 31.5 Å². The molecule has 0 atom stereocenters. The van der Waals surface area contributed by atoms with E-state index in [-0.39, 0.29) is 12.0 Å². The number of nitrogens with zero attached hydrogens (tertiary/aromatic N) is 3. The summed E-state index contributed by atoms with van der Waals surface area (Å²) in [6.07, 6.45) is 4.43. The van der Waals surface area contributed by atoms with Crippen LogP contribution in [-0.2, 0) is 9.53 Å². The van der Waals surface area contributed by atoms with Crippen LogP contribution >= 0.6 is 0 Å². The van der Waals surface area contributed by atoms with E-state index in [1.54, 1.807) is 7.05 Å². The van der Waals surface area contributed by atoms with Crippen molar-refractivity contribution in [2.75, 3.05) is 39.8 Å². The summed E-state index contributed by atoms with van der Waals surface area (Å²) in [6, 6.07) is 0.295. The van der Waals surface area contributed by atoms with Crippen molar-refractivity contribution in [3.05, 3.63) is 0 Å². The first-order valence-corrected chi connectivity index (χ1v) is 11.0. The second kappa shape index (κ2) is 10.7. The molecule has 2 fully saturated rings. The molecular formula is C21H39N5O3. The Kier molecular flexibility index (Phi) is 8.59. The number of hydrogen-bond donors (Lipinski definition) is 2. The molecule has 0 unspecified atom stereocenters. The lowest BCUT2D eigenvalue weighted by Crippen LogP contribution is -2.46. The fraction of sp³-hybridized carbons (Fsp3) is 0.857. The third-order valence-electron chi connectivity index (χ3n) is 5.22.